The topological polar surface area (TPSA) is 50.1 Å². The second-order valence-corrected chi connectivity index (χ2v) is 5.10. The Morgan fingerprint density at radius 1 is 1.45 bits per heavy atom. The zero-order chi connectivity index (χ0) is 8.74. The van der Waals surface area contributed by atoms with Gasteiger partial charge in [-0.15, -0.1) is 0 Å². The fraction of sp³-hybridized carbons (Fsp3) is 0.857. The van der Waals surface area contributed by atoms with Gasteiger partial charge < -0.3 is 0 Å². The molecule has 0 aromatic heterocycles. The molecule has 0 aromatic carbocycles. The van der Waals surface area contributed by atoms with Crippen molar-refractivity contribution in [1.29, 1.82) is 5.26 Å². The van der Waals surface area contributed by atoms with Crippen molar-refractivity contribution >= 4 is 10.2 Å². The van der Waals surface area contributed by atoms with Crippen LogP contribution >= 0.6 is 0 Å². The lowest BCUT2D eigenvalue weighted by Gasteiger charge is -1.99. The molecule has 11 heavy (non-hydrogen) atoms. The van der Waals surface area contributed by atoms with Gasteiger partial charge in [0.15, 0.2) is 0 Å². The van der Waals surface area contributed by atoms with Gasteiger partial charge >= 0.3 is 0 Å². The average Bonchev–Trinajstić information content (AvgIpc) is 1.85. The fourth-order valence-corrected chi connectivity index (χ4v) is 1.08. The molecule has 0 bridgehead atoms. The summed E-state index contributed by atoms with van der Waals surface area (Å²) >= 11 is 0. The molecule has 0 saturated heterocycles. The van der Waals surface area contributed by atoms with Crippen molar-refractivity contribution in [3.8, 4) is 6.07 Å². The van der Waals surface area contributed by atoms with E-state index in [1.807, 2.05) is 6.07 Å². The molecule has 0 aliphatic heterocycles. The van der Waals surface area contributed by atoms with Gasteiger partial charge in [0, 0.05) is 6.42 Å². The molecule has 0 spiro atoms. The highest BCUT2D eigenvalue weighted by atomic mass is 32.3. The molecule has 0 fully saturated rings. The van der Waals surface area contributed by atoms with E-state index in [1.165, 1.54) is 0 Å². The predicted octanol–water partition coefficient (Wildman–Crippen LogP) is 1.37. The molecule has 0 aliphatic rings. The first-order valence-corrected chi connectivity index (χ1v) is 5.82. The normalized spacial score (nSPS) is 11.0. The van der Waals surface area contributed by atoms with E-state index in [2.05, 4.69) is 0 Å². The van der Waals surface area contributed by atoms with Crippen molar-refractivity contribution < 1.29 is 8.39 Å². The van der Waals surface area contributed by atoms with E-state index in [1.54, 1.807) is 12.5 Å². The Hall–Kier alpha value is -0.400. The SMILES string of the molecule is C[S+](C)(=O)OCCCCC#N. The van der Waals surface area contributed by atoms with Crippen molar-refractivity contribution in [3.63, 3.8) is 0 Å². The first-order valence-electron chi connectivity index (χ1n) is 3.52. The van der Waals surface area contributed by atoms with Gasteiger partial charge in [-0.2, -0.15) is 9.44 Å². The smallest absolute Gasteiger partial charge is 0.198 e. The second-order valence-electron chi connectivity index (χ2n) is 2.58. The quantitative estimate of drug-likeness (QED) is 0.469. The molecule has 4 heteroatoms. The Morgan fingerprint density at radius 2 is 2.09 bits per heavy atom. The third kappa shape index (κ3) is 9.60. The lowest BCUT2D eigenvalue weighted by molar-refractivity contribution is 0.323. The zero-order valence-corrected chi connectivity index (χ0v) is 7.82. The van der Waals surface area contributed by atoms with Crippen LogP contribution in [0.1, 0.15) is 19.3 Å². The summed E-state index contributed by atoms with van der Waals surface area (Å²) in [6.45, 7) is 0.494. The first kappa shape index (κ1) is 10.6. The van der Waals surface area contributed by atoms with Crippen LogP contribution in [0.2, 0.25) is 0 Å². The lowest BCUT2D eigenvalue weighted by atomic mass is 10.3. The number of unbranched alkanes of at least 4 members (excludes halogenated alkanes) is 2. The van der Waals surface area contributed by atoms with Crippen molar-refractivity contribution in [2.45, 2.75) is 19.3 Å². The number of hydrogen-bond acceptors (Lipinski definition) is 3. The van der Waals surface area contributed by atoms with Gasteiger partial charge in [-0.3, -0.25) is 0 Å². The monoisotopic (exact) mass is 176 g/mol. The Bertz CT molecular complexity index is 179. The average molecular weight is 176 g/mol. The van der Waals surface area contributed by atoms with Crippen molar-refractivity contribution in [2.24, 2.45) is 0 Å². The van der Waals surface area contributed by atoms with Crippen LogP contribution in [0.3, 0.4) is 0 Å². The van der Waals surface area contributed by atoms with Gasteiger partial charge in [0.05, 0.1) is 6.07 Å². The van der Waals surface area contributed by atoms with Gasteiger partial charge in [0.25, 0.3) is 0 Å². The van der Waals surface area contributed by atoms with Gasteiger partial charge in [-0.25, -0.2) is 0 Å². The van der Waals surface area contributed by atoms with Crippen LogP contribution in [0.4, 0.5) is 0 Å². The highest BCUT2D eigenvalue weighted by molar-refractivity contribution is 7.97. The van der Waals surface area contributed by atoms with Crippen LogP contribution in [-0.4, -0.2) is 19.1 Å². The molecule has 0 rings (SSSR count). The van der Waals surface area contributed by atoms with Crippen molar-refractivity contribution in [1.82, 2.24) is 0 Å². The minimum atomic E-state index is -2.04. The van der Waals surface area contributed by atoms with Crippen molar-refractivity contribution in [3.05, 3.63) is 0 Å². The second kappa shape index (κ2) is 5.28. The van der Waals surface area contributed by atoms with E-state index in [4.69, 9.17) is 9.44 Å². The van der Waals surface area contributed by atoms with Crippen LogP contribution in [0.15, 0.2) is 0 Å². The number of rotatable bonds is 5. The predicted molar refractivity (Wildman–Crippen MR) is 45.3 cm³/mol. The molecule has 0 amide bonds. The van der Waals surface area contributed by atoms with Gasteiger partial charge in [-0.1, -0.05) is 4.21 Å². The standard InChI is InChI=1S/C7H14NO2S/c1-11(2,9)10-7-5-3-4-6-8/h3-5,7H2,1-2H3/q+1. The summed E-state index contributed by atoms with van der Waals surface area (Å²) < 4.78 is 15.9. The maximum atomic E-state index is 10.9. The Kier molecular flexibility index (Phi) is 5.08. The van der Waals surface area contributed by atoms with Crippen LogP contribution in [0, 0.1) is 11.3 Å². The highest BCUT2D eigenvalue weighted by Crippen LogP contribution is 2.00. The summed E-state index contributed by atoms with van der Waals surface area (Å²) in [6.07, 6.45) is 5.32. The maximum Gasteiger partial charge on any atom is 0.211 e. The van der Waals surface area contributed by atoms with Crippen molar-refractivity contribution in [2.75, 3.05) is 19.1 Å². The summed E-state index contributed by atoms with van der Waals surface area (Å²) in [7, 11) is -2.04. The fourth-order valence-electron chi connectivity index (χ4n) is 0.566. The summed E-state index contributed by atoms with van der Waals surface area (Å²) in [5.74, 6) is 0. The van der Waals surface area contributed by atoms with E-state index in [0.29, 0.717) is 13.0 Å². The van der Waals surface area contributed by atoms with E-state index in [-0.39, 0.29) is 0 Å². The zero-order valence-electron chi connectivity index (χ0n) is 7.00. The number of nitrogens with zero attached hydrogens (tertiary/aromatic N) is 1. The molecule has 0 heterocycles. The first-order chi connectivity index (χ1) is 5.06. The summed E-state index contributed by atoms with van der Waals surface area (Å²) in [6, 6.07) is 2.04. The van der Waals surface area contributed by atoms with Gasteiger partial charge in [0.2, 0.25) is 10.2 Å². The summed E-state index contributed by atoms with van der Waals surface area (Å²) in [5, 5.41) is 8.18. The van der Waals surface area contributed by atoms with Crippen LogP contribution < -0.4 is 0 Å². The van der Waals surface area contributed by atoms with Crippen LogP contribution in [0.25, 0.3) is 0 Å². The van der Waals surface area contributed by atoms with Gasteiger partial charge in [0.1, 0.15) is 19.1 Å². The minimum absolute atomic E-state index is 0.494. The molecular weight excluding hydrogens is 162 g/mol. The minimum Gasteiger partial charge on any atom is -0.198 e. The van der Waals surface area contributed by atoms with Crippen LogP contribution in [-0.2, 0) is 18.6 Å². The molecule has 0 N–H and O–H groups in total. The Labute approximate surface area is 69.0 Å². The molecule has 0 unspecified atom stereocenters. The maximum absolute atomic E-state index is 10.9. The molecule has 0 aromatic rings. The summed E-state index contributed by atoms with van der Waals surface area (Å²) in [4.78, 5) is 0. The molecule has 0 radical (unpaired) electrons. The molecule has 0 aliphatic carbocycles. The molecule has 3 nitrogen and oxygen atoms in total. The number of nitriles is 1. The van der Waals surface area contributed by atoms with E-state index < -0.39 is 10.2 Å². The lowest BCUT2D eigenvalue weighted by Crippen LogP contribution is -2.10. The molecule has 64 valence electrons. The van der Waals surface area contributed by atoms with E-state index in [0.717, 1.165) is 12.8 Å². The third-order valence-corrected chi connectivity index (χ3v) is 1.78. The highest BCUT2D eigenvalue weighted by Gasteiger charge is 2.11. The Balaban J connectivity index is 3.17. The summed E-state index contributed by atoms with van der Waals surface area (Å²) in [5.41, 5.74) is 0. The molecule has 0 atom stereocenters. The molecule has 0 saturated carbocycles. The van der Waals surface area contributed by atoms with Gasteiger partial charge in [-0.05, 0) is 12.8 Å². The van der Waals surface area contributed by atoms with E-state index >= 15 is 0 Å². The van der Waals surface area contributed by atoms with Crippen LogP contribution in [0.5, 0.6) is 0 Å². The van der Waals surface area contributed by atoms with E-state index in [9.17, 15) is 4.21 Å². The third-order valence-electron chi connectivity index (χ3n) is 1.05. The molecular formula is C7H14NO2S+. The Morgan fingerprint density at radius 3 is 2.55 bits per heavy atom. The largest absolute Gasteiger partial charge is 0.211 e. The number of hydrogen-bond donors (Lipinski definition) is 0.